The first-order valence-electron chi connectivity index (χ1n) is 5.71. The second-order valence-corrected chi connectivity index (χ2v) is 4.28. The Bertz CT molecular complexity index is 143. The van der Waals surface area contributed by atoms with Gasteiger partial charge in [-0.15, -0.1) is 0 Å². The third-order valence-electron chi connectivity index (χ3n) is 2.58. The fraction of sp³-hybridized carbons (Fsp3) is 1.00. The van der Waals surface area contributed by atoms with Crippen molar-refractivity contribution in [1.82, 2.24) is 5.32 Å². The van der Waals surface area contributed by atoms with Crippen molar-refractivity contribution in [2.75, 3.05) is 26.9 Å². The average molecular weight is 218 g/mol. The van der Waals surface area contributed by atoms with Crippen molar-refractivity contribution in [2.24, 2.45) is 11.7 Å². The summed E-state index contributed by atoms with van der Waals surface area (Å²) >= 11 is 0. The second kappa shape index (κ2) is 9.09. The number of ether oxygens (including phenoxy) is 1. The van der Waals surface area contributed by atoms with Crippen molar-refractivity contribution in [3.8, 4) is 0 Å². The molecule has 0 amide bonds. The van der Waals surface area contributed by atoms with E-state index >= 15 is 0 Å². The molecule has 0 radical (unpaired) electrons. The van der Waals surface area contributed by atoms with Gasteiger partial charge in [-0.1, -0.05) is 13.8 Å². The first kappa shape index (κ1) is 14.8. The highest BCUT2D eigenvalue weighted by Gasteiger charge is 2.16. The Labute approximate surface area is 93.2 Å². The predicted octanol–water partition coefficient (Wildman–Crippen LogP) is 0.347. The van der Waals surface area contributed by atoms with Gasteiger partial charge in [0.25, 0.3) is 0 Å². The molecule has 2 unspecified atom stereocenters. The monoisotopic (exact) mass is 218 g/mol. The topological polar surface area (TPSA) is 67.5 Å². The van der Waals surface area contributed by atoms with Crippen LogP contribution in [0.15, 0.2) is 0 Å². The number of hydrogen-bond donors (Lipinski definition) is 3. The Kier molecular flexibility index (Phi) is 9.00. The number of aliphatic hydroxyl groups is 1. The molecule has 0 bridgehead atoms. The van der Waals surface area contributed by atoms with E-state index in [1.807, 2.05) is 0 Å². The van der Waals surface area contributed by atoms with Crippen molar-refractivity contribution in [3.63, 3.8) is 0 Å². The molecule has 0 saturated carbocycles. The maximum absolute atomic E-state index is 9.21. The molecule has 15 heavy (non-hydrogen) atoms. The Morgan fingerprint density at radius 2 is 2.07 bits per heavy atom. The van der Waals surface area contributed by atoms with E-state index in [1.165, 1.54) is 0 Å². The van der Waals surface area contributed by atoms with E-state index < -0.39 is 0 Å². The lowest BCUT2D eigenvalue weighted by Crippen LogP contribution is -2.45. The SMILES string of the molecule is COCC(CCCN)NC(CO)C(C)C. The molecule has 4 heteroatoms. The summed E-state index contributed by atoms with van der Waals surface area (Å²) < 4.78 is 5.14. The van der Waals surface area contributed by atoms with Crippen LogP contribution in [0.4, 0.5) is 0 Å². The van der Waals surface area contributed by atoms with Gasteiger partial charge in [-0.25, -0.2) is 0 Å². The zero-order valence-corrected chi connectivity index (χ0v) is 10.2. The van der Waals surface area contributed by atoms with E-state index in [2.05, 4.69) is 19.2 Å². The molecule has 0 aliphatic heterocycles. The molecule has 4 nitrogen and oxygen atoms in total. The lowest BCUT2D eigenvalue weighted by molar-refractivity contribution is 0.133. The molecule has 0 saturated heterocycles. The van der Waals surface area contributed by atoms with Gasteiger partial charge >= 0.3 is 0 Å². The number of rotatable bonds is 9. The van der Waals surface area contributed by atoms with Crippen LogP contribution >= 0.6 is 0 Å². The number of hydrogen-bond acceptors (Lipinski definition) is 4. The highest BCUT2D eigenvalue weighted by molar-refractivity contribution is 4.76. The van der Waals surface area contributed by atoms with Crippen LogP contribution in [0.2, 0.25) is 0 Å². The third kappa shape index (κ3) is 6.84. The fourth-order valence-electron chi connectivity index (χ4n) is 1.54. The minimum atomic E-state index is 0.142. The summed E-state index contributed by atoms with van der Waals surface area (Å²) in [4.78, 5) is 0. The quantitative estimate of drug-likeness (QED) is 0.522. The molecule has 0 aromatic rings. The highest BCUT2D eigenvalue weighted by atomic mass is 16.5. The molecular formula is C11H26N2O2. The molecule has 0 aliphatic rings. The maximum Gasteiger partial charge on any atom is 0.0615 e. The standard InChI is InChI=1S/C11H26N2O2/c1-9(2)11(7-14)13-10(8-15-3)5-4-6-12/h9-11,13-14H,4-8,12H2,1-3H3. The maximum atomic E-state index is 9.21. The van der Waals surface area contributed by atoms with Crippen LogP contribution in [0.5, 0.6) is 0 Å². The zero-order valence-electron chi connectivity index (χ0n) is 10.2. The summed E-state index contributed by atoms with van der Waals surface area (Å²) in [5.41, 5.74) is 5.48. The Morgan fingerprint density at radius 1 is 1.40 bits per heavy atom. The van der Waals surface area contributed by atoms with Crippen LogP contribution in [0, 0.1) is 5.92 Å². The molecule has 0 aromatic heterocycles. The smallest absolute Gasteiger partial charge is 0.0615 e. The summed E-state index contributed by atoms with van der Waals surface area (Å²) in [6.07, 6.45) is 1.98. The molecule has 0 aromatic carbocycles. The van der Waals surface area contributed by atoms with Crippen LogP contribution in [0.3, 0.4) is 0 Å². The molecule has 0 aliphatic carbocycles. The Hall–Kier alpha value is -0.160. The average Bonchev–Trinajstić information content (AvgIpc) is 2.21. The van der Waals surface area contributed by atoms with Crippen LogP contribution in [-0.2, 0) is 4.74 Å². The number of methoxy groups -OCH3 is 1. The summed E-state index contributed by atoms with van der Waals surface area (Å²) in [5.74, 6) is 0.423. The van der Waals surface area contributed by atoms with E-state index in [0.29, 0.717) is 19.1 Å². The first-order valence-corrected chi connectivity index (χ1v) is 5.71. The van der Waals surface area contributed by atoms with Crippen molar-refractivity contribution in [2.45, 2.75) is 38.8 Å². The van der Waals surface area contributed by atoms with Gasteiger partial charge in [0.15, 0.2) is 0 Å². The number of nitrogens with one attached hydrogen (secondary N) is 1. The predicted molar refractivity (Wildman–Crippen MR) is 62.8 cm³/mol. The van der Waals surface area contributed by atoms with Gasteiger partial charge in [-0.3, -0.25) is 0 Å². The van der Waals surface area contributed by atoms with E-state index in [4.69, 9.17) is 10.5 Å². The Morgan fingerprint density at radius 3 is 2.47 bits per heavy atom. The van der Waals surface area contributed by atoms with Gasteiger partial charge in [0.1, 0.15) is 0 Å². The van der Waals surface area contributed by atoms with Crippen molar-refractivity contribution in [1.29, 1.82) is 0 Å². The summed E-state index contributed by atoms with van der Waals surface area (Å²) in [6.45, 7) is 5.73. The van der Waals surface area contributed by atoms with Gasteiger partial charge in [0.05, 0.1) is 13.2 Å². The van der Waals surface area contributed by atoms with Crippen molar-refractivity contribution in [3.05, 3.63) is 0 Å². The highest BCUT2D eigenvalue weighted by Crippen LogP contribution is 2.05. The van der Waals surface area contributed by atoms with E-state index in [9.17, 15) is 5.11 Å². The minimum absolute atomic E-state index is 0.142. The molecule has 92 valence electrons. The van der Waals surface area contributed by atoms with Gasteiger partial charge in [0.2, 0.25) is 0 Å². The summed E-state index contributed by atoms with van der Waals surface area (Å²) in [6, 6.07) is 0.432. The van der Waals surface area contributed by atoms with E-state index in [1.54, 1.807) is 7.11 Å². The number of aliphatic hydroxyl groups excluding tert-OH is 1. The molecule has 0 spiro atoms. The molecule has 0 rings (SSSR count). The van der Waals surface area contributed by atoms with Crippen LogP contribution in [-0.4, -0.2) is 44.1 Å². The lowest BCUT2D eigenvalue weighted by Gasteiger charge is -2.26. The van der Waals surface area contributed by atoms with Gasteiger partial charge in [-0.05, 0) is 25.3 Å². The normalized spacial score (nSPS) is 15.6. The fourth-order valence-corrected chi connectivity index (χ4v) is 1.54. The molecule has 0 fully saturated rings. The minimum Gasteiger partial charge on any atom is -0.395 e. The molecular weight excluding hydrogens is 192 g/mol. The third-order valence-corrected chi connectivity index (χ3v) is 2.58. The van der Waals surface area contributed by atoms with Gasteiger partial charge in [0, 0.05) is 19.2 Å². The van der Waals surface area contributed by atoms with Crippen molar-refractivity contribution >= 4 is 0 Å². The van der Waals surface area contributed by atoms with Crippen molar-refractivity contribution < 1.29 is 9.84 Å². The molecule has 4 N–H and O–H groups in total. The largest absolute Gasteiger partial charge is 0.395 e. The van der Waals surface area contributed by atoms with Gasteiger partial charge in [-0.2, -0.15) is 0 Å². The van der Waals surface area contributed by atoms with Gasteiger partial charge < -0.3 is 20.9 Å². The van der Waals surface area contributed by atoms with E-state index in [0.717, 1.165) is 12.8 Å². The van der Waals surface area contributed by atoms with Crippen LogP contribution in [0.1, 0.15) is 26.7 Å². The van der Waals surface area contributed by atoms with Crippen LogP contribution < -0.4 is 11.1 Å². The molecule has 2 atom stereocenters. The Balaban J connectivity index is 3.99. The first-order chi connectivity index (χ1) is 7.15. The summed E-state index contributed by atoms with van der Waals surface area (Å²) in [5, 5.41) is 12.6. The second-order valence-electron chi connectivity index (χ2n) is 4.28. The zero-order chi connectivity index (χ0) is 11.7. The van der Waals surface area contributed by atoms with E-state index in [-0.39, 0.29) is 18.7 Å². The van der Waals surface area contributed by atoms with Crippen LogP contribution in [0.25, 0.3) is 0 Å². The lowest BCUT2D eigenvalue weighted by atomic mass is 10.0. The molecule has 0 heterocycles. The number of nitrogens with two attached hydrogens (primary N) is 1. The summed E-state index contributed by atoms with van der Waals surface area (Å²) in [7, 11) is 1.69.